The fourth-order valence-electron chi connectivity index (χ4n) is 3.38. The highest BCUT2D eigenvalue weighted by Crippen LogP contribution is 2.30. The van der Waals surface area contributed by atoms with E-state index < -0.39 is 11.5 Å². The molecule has 1 aromatic heterocycles. The summed E-state index contributed by atoms with van der Waals surface area (Å²) in [7, 11) is 0. The Morgan fingerprint density at radius 3 is 2.22 bits per heavy atom. The molecule has 2 amide bonds. The summed E-state index contributed by atoms with van der Waals surface area (Å²) in [6, 6.07) is 16.7. The van der Waals surface area contributed by atoms with Gasteiger partial charge in [0.25, 0.3) is 5.91 Å². The van der Waals surface area contributed by atoms with Crippen LogP contribution in [0.15, 0.2) is 60.8 Å². The minimum absolute atomic E-state index is 0.0462. The van der Waals surface area contributed by atoms with Crippen molar-refractivity contribution in [3.63, 3.8) is 0 Å². The van der Waals surface area contributed by atoms with Gasteiger partial charge in [-0.2, -0.15) is 5.10 Å². The van der Waals surface area contributed by atoms with Crippen LogP contribution < -0.4 is 10.5 Å². The lowest BCUT2D eigenvalue weighted by atomic mass is 10.1. The average molecular weight is 434 g/mol. The van der Waals surface area contributed by atoms with Crippen LogP contribution in [0.3, 0.4) is 0 Å². The fourth-order valence-corrected chi connectivity index (χ4v) is 3.38. The highest BCUT2D eigenvalue weighted by molar-refractivity contribution is 5.98. The molecule has 2 aromatic carbocycles. The van der Waals surface area contributed by atoms with Gasteiger partial charge >= 0.3 is 6.09 Å². The zero-order valence-corrected chi connectivity index (χ0v) is 18.3. The Hall–Kier alpha value is -3.81. The number of primary amides is 1. The number of para-hydroxylation sites is 1. The predicted octanol–water partition coefficient (Wildman–Crippen LogP) is 4.23. The number of hydrogen-bond acceptors (Lipinski definition) is 5. The van der Waals surface area contributed by atoms with Gasteiger partial charge in [-0.25, -0.2) is 4.79 Å². The lowest BCUT2D eigenvalue weighted by Crippen LogP contribution is -2.52. The third-order valence-electron chi connectivity index (χ3n) is 4.99. The van der Waals surface area contributed by atoms with E-state index in [0.717, 1.165) is 11.3 Å². The standard InChI is InChI=1S/C24H26N4O4/c1-24(2,3)32-23(30)27-13-17(14-27)28-15-20(22(25)29)21(26-28)16-9-11-19(12-10-16)31-18-7-5-4-6-8-18/h4-12,15,17H,13-14H2,1-3H3,(H2,25,29). The second-order valence-corrected chi connectivity index (χ2v) is 8.71. The van der Waals surface area contributed by atoms with Gasteiger partial charge in [-0.05, 0) is 57.2 Å². The number of ether oxygens (including phenoxy) is 2. The number of amides is 2. The van der Waals surface area contributed by atoms with Crippen molar-refractivity contribution in [3.8, 4) is 22.8 Å². The van der Waals surface area contributed by atoms with E-state index >= 15 is 0 Å². The topological polar surface area (TPSA) is 99.7 Å². The zero-order chi connectivity index (χ0) is 22.9. The molecule has 0 radical (unpaired) electrons. The first-order valence-corrected chi connectivity index (χ1v) is 10.4. The van der Waals surface area contributed by atoms with E-state index in [9.17, 15) is 9.59 Å². The van der Waals surface area contributed by atoms with E-state index in [1.54, 1.807) is 15.8 Å². The number of benzene rings is 2. The van der Waals surface area contributed by atoms with E-state index in [-0.39, 0.29) is 12.1 Å². The van der Waals surface area contributed by atoms with E-state index in [0.29, 0.717) is 30.1 Å². The van der Waals surface area contributed by atoms with E-state index in [1.165, 1.54) is 0 Å². The van der Waals surface area contributed by atoms with Gasteiger partial charge in [0.2, 0.25) is 0 Å². The molecule has 1 aliphatic rings. The summed E-state index contributed by atoms with van der Waals surface area (Å²) in [5.41, 5.74) is 6.64. The third-order valence-corrected chi connectivity index (χ3v) is 4.99. The molecule has 0 saturated carbocycles. The normalized spacial score (nSPS) is 14.0. The maximum atomic E-state index is 12.2. The molecule has 2 heterocycles. The minimum atomic E-state index is -0.556. The number of carbonyl (C=O) groups excluding carboxylic acids is 2. The molecule has 0 unspecified atom stereocenters. The van der Waals surface area contributed by atoms with Crippen LogP contribution in [0.4, 0.5) is 4.79 Å². The minimum Gasteiger partial charge on any atom is -0.457 e. The second kappa shape index (κ2) is 8.37. The second-order valence-electron chi connectivity index (χ2n) is 8.71. The van der Waals surface area contributed by atoms with Crippen LogP contribution >= 0.6 is 0 Å². The summed E-state index contributed by atoms with van der Waals surface area (Å²) < 4.78 is 12.9. The van der Waals surface area contributed by atoms with Crippen molar-refractivity contribution >= 4 is 12.0 Å². The number of rotatable bonds is 5. The maximum absolute atomic E-state index is 12.2. The van der Waals surface area contributed by atoms with Gasteiger partial charge in [0.15, 0.2) is 0 Å². The Kier molecular flexibility index (Phi) is 5.61. The quantitative estimate of drug-likeness (QED) is 0.648. The van der Waals surface area contributed by atoms with Crippen LogP contribution in [0.25, 0.3) is 11.3 Å². The van der Waals surface area contributed by atoms with Crippen molar-refractivity contribution in [2.75, 3.05) is 13.1 Å². The van der Waals surface area contributed by atoms with Crippen molar-refractivity contribution in [2.24, 2.45) is 5.73 Å². The molecular weight excluding hydrogens is 408 g/mol. The summed E-state index contributed by atoms with van der Waals surface area (Å²) in [6.45, 7) is 6.40. The van der Waals surface area contributed by atoms with E-state index in [2.05, 4.69) is 5.10 Å². The summed E-state index contributed by atoms with van der Waals surface area (Å²) in [5.74, 6) is 0.855. The molecular formula is C24H26N4O4. The molecule has 1 aliphatic heterocycles. The van der Waals surface area contributed by atoms with Crippen LogP contribution in [-0.2, 0) is 4.74 Å². The summed E-state index contributed by atoms with van der Waals surface area (Å²) in [4.78, 5) is 25.8. The molecule has 0 spiro atoms. The van der Waals surface area contributed by atoms with Gasteiger partial charge in [-0.3, -0.25) is 9.48 Å². The van der Waals surface area contributed by atoms with Gasteiger partial charge in [0.1, 0.15) is 22.8 Å². The molecule has 8 nitrogen and oxygen atoms in total. The lowest BCUT2D eigenvalue weighted by molar-refractivity contribution is -0.000385. The number of likely N-dealkylation sites (tertiary alicyclic amines) is 1. The Bertz CT molecular complexity index is 1110. The first kappa shape index (κ1) is 21.4. The maximum Gasteiger partial charge on any atom is 0.410 e. The van der Waals surface area contributed by atoms with Crippen molar-refractivity contribution in [3.05, 3.63) is 66.4 Å². The highest BCUT2D eigenvalue weighted by atomic mass is 16.6. The Balaban J connectivity index is 1.48. The van der Waals surface area contributed by atoms with Crippen molar-refractivity contribution in [2.45, 2.75) is 32.4 Å². The van der Waals surface area contributed by atoms with Crippen LogP contribution in [0, 0.1) is 0 Å². The van der Waals surface area contributed by atoms with Crippen LogP contribution in [0.2, 0.25) is 0 Å². The smallest absolute Gasteiger partial charge is 0.410 e. The molecule has 0 bridgehead atoms. The highest BCUT2D eigenvalue weighted by Gasteiger charge is 2.36. The number of aromatic nitrogens is 2. The van der Waals surface area contributed by atoms with Gasteiger partial charge in [0, 0.05) is 24.8 Å². The molecule has 1 fully saturated rings. The summed E-state index contributed by atoms with van der Waals surface area (Å²) in [6.07, 6.45) is 1.29. The van der Waals surface area contributed by atoms with E-state index in [1.807, 2.05) is 75.4 Å². The summed E-state index contributed by atoms with van der Waals surface area (Å²) in [5, 5.41) is 4.60. The number of carbonyl (C=O) groups is 2. The van der Waals surface area contributed by atoms with Crippen LogP contribution in [0.5, 0.6) is 11.5 Å². The Morgan fingerprint density at radius 1 is 1.00 bits per heavy atom. The first-order chi connectivity index (χ1) is 15.2. The van der Waals surface area contributed by atoms with Crippen LogP contribution in [-0.4, -0.2) is 45.4 Å². The first-order valence-electron chi connectivity index (χ1n) is 10.4. The molecule has 32 heavy (non-hydrogen) atoms. The van der Waals surface area contributed by atoms with Crippen molar-refractivity contribution < 1.29 is 19.1 Å². The third kappa shape index (κ3) is 4.74. The van der Waals surface area contributed by atoms with Gasteiger partial charge in [0.05, 0.1) is 11.6 Å². The molecule has 0 atom stereocenters. The zero-order valence-electron chi connectivity index (χ0n) is 18.3. The lowest BCUT2D eigenvalue weighted by Gasteiger charge is -2.39. The molecule has 0 aliphatic carbocycles. The van der Waals surface area contributed by atoms with Crippen molar-refractivity contribution in [1.29, 1.82) is 0 Å². The van der Waals surface area contributed by atoms with Gasteiger partial charge in [-0.1, -0.05) is 18.2 Å². The molecule has 1 saturated heterocycles. The van der Waals surface area contributed by atoms with Crippen LogP contribution in [0.1, 0.15) is 37.2 Å². The molecule has 2 N–H and O–H groups in total. The molecule has 3 aromatic rings. The largest absolute Gasteiger partial charge is 0.457 e. The average Bonchev–Trinajstić information content (AvgIpc) is 3.12. The molecule has 166 valence electrons. The Labute approximate surface area is 186 Å². The Morgan fingerprint density at radius 2 is 1.62 bits per heavy atom. The monoisotopic (exact) mass is 434 g/mol. The summed E-state index contributed by atoms with van der Waals surface area (Å²) >= 11 is 0. The SMILES string of the molecule is CC(C)(C)OC(=O)N1CC(n2cc(C(N)=O)c(-c3ccc(Oc4ccccc4)cc3)n2)C1. The number of nitrogens with two attached hydrogens (primary N) is 1. The fraction of sp³-hybridized carbons (Fsp3) is 0.292. The van der Waals surface area contributed by atoms with Gasteiger partial charge in [-0.15, -0.1) is 0 Å². The predicted molar refractivity (Wildman–Crippen MR) is 120 cm³/mol. The van der Waals surface area contributed by atoms with E-state index in [4.69, 9.17) is 15.2 Å². The number of nitrogens with zero attached hydrogens (tertiary/aromatic N) is 3. The molecule has 4 rings (SSSR count). The van der Waals surface area contributed by atoms with Gasteiger partial charge < -0.3 is 20.1 Å². The molecule has 8 heteroatoms. The number of hydrogen-bond donors (Lipinski definition) is 1. The van der Waals surface area contributed by atoms with Crippen molar-refractivity contribution in [1.82, 2.24) is 14.7 Å².